The van der Waals surface area contributed by atoms with Crippen molar-refractivity contribution in [1.82, 2.24) is 0 Å². The minimum Gasteiger partial charge on any atom is -0.375 e. The summed E-state index contributed by atoms with van der Waals surface area (Å²) in [5, 5.41) is 0. The molecule has 118 valence electrons. The zero-order valence-corrected chi connectivity index (χ0v) is 13.6. The van der Waals surface area contributed by atoms with Crippen molar-refractivity contribution in [3.05, 3.63) is 29.8 Å². The van der Waals surface area contributed by atoms with E-state index in [2.05, 4.69) is 6.92 Å². The summed E-state index contributed by atoms with van der Waals surface area (Å²) >= 11 is 0. The molecular formula is C16H24O4S. The number of rotatable bonds is 8. The van der Waals surface area contributed by atoms with Crippen LogP contribution in [0, 0.1) is 6.92 Å². The molecule has 1 aromatic carbocycles. The van der Waals surface area contributed by atoms with Gasteiger partial charge in [-0.15, -0.1) is 0 Å². The van der Waals surface area contributed by atoms with Gasteiger partial charge in [-0.1, -0.05) is 30.5 Å². The van der Waals surface area contributed by atoms with E-state index < -0.39 is 10.1 Å². The van der Waals surface area contributed by atoms with Crippen molar-refractivity contribution in [3.63, 3.8) is 0 Å². The molecule has 0 aromatic heterocycles. The summed E-state index contributed by atoms with van der Waals surface area (Å²) < 4.78 is 34.5. The van der Waals surface area contributed by atoms with E-state index in [1.807, 2.05) is 6.92 Å². The highest BCUT2D eigenvalue weighted by atomic mass is 32.2. The average Bonchev–Trinajstić information content (AvgIpc) is 2.41. The molecule has 1 saturated heterocycles. The molecule has 5 heteroatoms. The van der Waals surface area contributed by atoms with Crippen LogP contribution in [0.15, 0.2) is 29.2 Å². The van der Waals surface area contributed by atoms with Crippen molar-refractivity contribution in [2.24, 2.45) is 0 Å². The number of unbranched alkanes of at least 4 members (excludes halogenated alkanes) is 2. The fourth-order valence-corrected chi connectivity index (χ4v) is 3.31. The van der Waals surface area contributed by atoms with Crippen molar-refractivity contribution < 1.29 is 17.3 Å². The fraction of sp³-hybridized carbons (Fsp3) is 0.625. The van der Waals surface area contributed by atoms with Crippen LogP contribution in [0.4, 0.5) is 0 Å². The molecule has 1 heterocycles. The van der Waals surface area contributed by atoms with Crippen LogP contribution in [0.25, 0.3) is 0 Å². The van der Waals surface area contributed by atoms with Crippen LogP contribution in [0.3, 0.4) is 0 Å². The number of hydrogen-bond donors (Lipinski definition) is 0. The second kappa shape index (κ2) is 6.90. The lowest BCUT2D eigenvalue weighted by Gasteiger charge is -2.38. The third-order valence-electron chi connectivity index (χ3n) is 3.98. The summed E-state index contributed by atoms with van der Waals surface area (Å²) in [7, 11) is -3.61. The zero-order chi connectivity index (χ0) is 15.3. The van der Waals surface area contributed by atoms with E-state index in [0.29, 0.717) is 0 Å². The molecule has 0 radical (unpaired) electrons. The maximum absolute atomic E-state index is 11.9. The van der Waals surface area contributed by atoms with Gasteiger partial charge in [-0.25, -0.2) is 0 Å². The first-order valence-corrected chi connectivity index (χ1v) is 8.92. The molecule has 1 atom stereocenters. The van der Waals surface area contributed by atoms with E-state index in [1.165, 1.54) is 0 Å². The Labute approximate surface area is 127 Å². The van der Waals surface area contributed by atoms with E-state index >= 15 is 0 Å². The smallest absolute Gasteiger partial charge is 0.296 e. The Bertz CT molecular complexity index is 544. The van der Waals surface area contributed by atoms with Gasteiger partial charge in [0.25, 0.3) is 10.1 Å². The Balaban J connectivity index is 1.66. The van der Waals surface area contributed by atoms with Crippen molar-refractivity contribution >= 4 is 10.1 Å². The Morgan fingerprint density at radius 3 is 2.43 bits per heavy atom. The molecule has 0 amide bonds. The predicted molar refractivity (Wildman–Crippen MR) is 81.8 cm³/mol. The van der Waals surface area contributed by atoms with Crippen molar-refractivity contribution in [2.45, 2.75) is 56.4 Å². The molecule has 0 saturated carbocycles. The van der Waals surface area contributed by atoms with Gasteiger partial charge in [-0.3, -0.25) is 4.18 Å². The first-order chi connectivity index (χ1) is 9.91. The van der Waals surface area contributed by atoms with E-state index in [1.54, 1.807) is 24.3 Å². The van der Waals surface area contributed by atoms with Crippen molar-refractivity contribution in [1.29, 1.82) is 0 Å². The van der Waals surface area contributed by atoms with Crippen molar-refractivity contribution in [2.75, 3.05) is 13.2 Å². The first-order valence-electron chi connectivity index (χ1n) is 7.51. The summed E-state index contributed by atoms with van der Waals surface area (Å²) in [6.07, 6.45) is 4.93. The lowest BCUT2D eigenvalue weighted by atomic mass is 9.91. The van der Waals surface area contributed by atoms with Gasteiger partial charge in [0.05, 0.1) is 23.7 Å². The highest BCUT2D eigenvalue weighted by Crippen LogP contribution is 2.31. The Hall–Kier alpha value is -0.910. The van der Waals surface area contributed by atoms with Crippen LogP contribution in [0.2, 0.25) is 0 Å². The Morgan fingerprint density at radius 1 is 1.19 bits per heavy atom. The molecule has 1 aliphatic rings. The fourth-order valence-electron chi connectivity index (χ4n) is 2.37. The minimum absolute atomic E-state index is 0.0643. The molecule has 0 N–H and O–H groups in total. The van der Waals surface area contributed by atoms with Gasteiger partial charge in [0.2, 0.25) is 0 Å². The maximum Gasteiger partial charge on any atom is 0.296 e. The molecule has 0 bridgehead atoms. The van der Waals surface area contributed by atoms with Crippen LogP contribution in [-0.2, 0) is 19.0 Å². The summed E-state index contributed by atoms with van der Waals surface area (Å²) in [5.74, 6) is 0. The molecule has 1 aromatic rings. The van der Waals surface area contributed by atoms with Crippen LogP contribution >= 0.6 is 0 Å². The lowest BCUT2D eigenvalue weighted by Crippen LogP contribution is -2.40. The quantitative estimate of drug-likeness (QED) is 0.545. The average molecular weight is 312 g/mol. The van der Waals surface area contributed by atoms with E-state index in [9.17, 15) is 8.42 Å². The highest BCUT2D eigenvalue weighted by Gasteiger charge is 2.31. The number of aryl methyl sites for hydroxylation is 1. The summed E-state index contributed by atoms with van der Waals surface area (Å²) in [6, 6.07) is 6.71. The molecule has 0 aliphatic carbocycles. The molecule has 2 rings (SSSR count). The molecule has 1 unspecified atom stereocenters. The monoisotopic (exact) mass is 312 g/mol. The van der Waals surface area contributed by atoms with Gasteiger partial charge in [0.15, 0.2) is 0 Å². The summed E-state index contributed by atoms with van der Waals surface area (Å²) in [6.45, 7) is 5.17. The van der Waals surface area contributed by atoms with Gasteiger partial charge in [0, 0.05) is 0 Å². The third kappa shape index (κ3) is 4.80. The largest absolute Gasteiger partial charge is 0.375 e. The predicted octanol–water partition coefficient (Wildman–Crippen LogP) is 3.44. The van der Waals surface area contributed by atoms with Gasteiger partial charge < -0.3 is 4.74 Å². The summed E-state index contributed by atoms with van der Waals surface area (Å²) in [5.41, 5.74) is 1.09. The van der Waals surface area contributed by atoms with Crippen LogP contribution in [0.5, 0.6) is 0 Å². The van der Waals surface area contributed by atoms with Gasteiger partial charge >= 0.3 is 0 Å². The van der Waals surface area contributed by atoms with Gasteiger partial charge in [-0.05, 0) is 45.2 Å². The first kappa shape index (κ1) is 16.5. The van der Waals surface area contributed by atoms with Gasteiger partial charge in [-0.2, -0.15) is 8.42 Å². The highest BCUT2D eigenvalue weighted by molar-refractivity contribution is 7.86. The Morgan fingerprint density at radius 2 is 1.86 bits per heavy atom. The topological polar surface area (TPSA) is 52.6 Å². The number of benzene rings is 1. The van der Waals surface area contributed by atoms with E-state index in [-0.39, 0.29) is 17.1 Å². The number of ether oxygens (including phenoxy) is 1. The molecule has 4 nitrogen and oxygen atoms in total. The van der Waals surface area contributed by atoms with E-state index in [4.69, 9.17) is 8.92 Å². The molecule has 0 spiro atoms. The number of hydrogen-bond acceptors (Lipinski definition) is 4. The SMILES string of the molecule is Cc1ccc(S(=O)(=O)OCCCCCC2(C)CCO2)cc1. The summed E-state index contributed by atoms with van der Waals surface area (Å²) in [4.78, 5) is 0.225. The normalized spacial score (nSPS) is 22.0. The van der Waals surface area contributed by atoms with Crippen molar-refractivity contribution in [3.8, 4) is 0 Å². The maximum atomic E-state index is 11.9. The third-order valence-corrected chi connectivity index (χ3v) is 5.31. The molecule has 1 aliphatic heterocycles. The Kier molecular flexibility index (Phi) is 5.41. The van der Waals surface area contributed by atoms with Crippen LogP contribution < -0.4 is 0 Å². The van der Waals surface area contributed by atoms with Crippen LogP contribution in [-0.4, -0.2) is 27.2 Å². The molecule has 1 fully saturated rings. The minimum atomic E-state index is -3.61. The molecule has 21 heavy (non-hydrogen) atoms. The molecular weight excluding hydrogens is 288 g/mol. The standard InChI is InChI=1S/C16H24O4S/c1-14-6-8-15(9-7-14)21(17,18)20-12-5-3-4-10-16(2)11-13-19-16/h6-9H,3-5,10-13H2,1-2H3. The zero-order valence-electron chi connectivity index (χ0n) is 12.8. The lowest BCUT2D eigenvalue weighted by molar-refractivity contribution is -0.139. The second-order valence-electron chi connectivity index (χ2n) is 5.95. The van der Waals surface area contributed by atoms with Gasteiger partial charge in [0.1, 0.15) is 0 Å². The second-order valence-corrected chi connectivity index (χ2v) is 7.56. The van der Waals surface area contributed by atoms with Crippen LogP contribution in [0.1, 0.15) is 44.6 Å². The van der Waals surface area contributed by atoms with E-state index in [0.717, 1.165) is 44.3 Å².